The van der Waals surface area contributed by atoms with E-state index in [1.54, 1.807) is 6.92 Å². The van der Waals surface area contributed by atoms with Crippen molar-refractivity contribution < 1.29 is 4.79 Å². The molecule has 2 atom stereocenters. The highest BCUT2D eigenvalue weighted by Gasteiger charge is 2.22. The summed E-state index contributed by atoms with van der Waals surface area (Å²) in [7, 11) is 0. The van der Waals surface area contributed by atoms with Gasteiger partial charge in [-0.15, -0.1) is 35.3 Å². The highest BCUT2D eigenvalue weighted by Crippen LogP contribution is 2.42. The standard InChI is InChI=1S/C11H18OS4/c1-8(2)11(12)14-6-4-5-13-10-7-15-9(3)16-10/h9-10H,1,4-7H2,2-3H3. The first kappa shape index (κ1) is 14.9. The lowest BCUT2D eigenvalue weighted by molar-refractivity contribution is -0.107. The molecule has 1 saturated heterocycles. The smallest absolute Gasteiger partial charge is 0.214 e. The van der Waals surface area contributed by atoms with Crippen molar-refractivity contribution in [1.82, 2.24) is 0 Å². The van der Waals surface area contributed by atoms with Crippen molar-refractivity contribution in [3.05, 3.63) is 12.2 Å². The van der Waals surface area contributed by atoms with Gasteiger partial charge in [-0.05, 0) is 31.6 Å². The minimum Gasteiger partial charge on any atom is -0.282 e. The van der Waals surface area contributed by atoms with Crippen molar-refractivity contribution in [3.63, 3.8) is 0 Å². The summed E-state index contributed by atoms with van der Waals surface area (Å²) in [6.07, 6.45) is 1.12. The van der Waals surface area contributed by atoms with E-state index in [2.05, 4.69) is 25.3 Å². The maximum absolute atomic E-state index is 11.3. The fourth-order valence-electron chi connectivity index (χ4n) is 1.16. The molecule has 1 aliphatic rings. The molecule has 1 fully saturated rings. The second-order valence-corrected chi connectivity index (χ2v) is 9.50. The highest BCUT2D eigenvalue weighted by molar-refractivity contribution is 8.27. The van der Waals surface area contributed by atoms with Crippen LogP contribution < -0.4 is 0 Å². The van der Waals surface area contributed by atoms with E-state index in [1.165, 1.54) is 23.3 Å². The summed E-state index contributed by atoms with van der Waals surface area (Å²) in [6, 6.07) is 0. The minimum absolute atomic E-state index is 0.143. The molecule has 0 radical (unpaired) electrons. The van der Waals surface area contributed by atoms with Gasteiger partial charge in [0.25, 0.3) is 0 Å². The van der Waals surface area contributed by atoms with E-state index >= 15 is 0 Å². The molecule has 1 rings (SSSR count). The highest BCUT2D eigenvalue weighted by atomic mass is 32.2. The number of rotatable bonds is 6. The Labute approximate surface area is 115 Å². The fraction of sp³-hybridized carbons (Fsp3) is 0.727. The van der Waals surface area contributed by atoms with Crippen LogP contribution in [0.4, 0.5) is 0 Å². The predicted octanol–water partition coefficient (Wildman–Crippen LogP) is 4.10. The Kier molecular flexibility index (Phi) is 7.44. The van der Waals surface area contributed by atoms with Crippen LogP contribution in [0.2, 0.25) is 0 Å². The van der Waals surface area contributed by atoms with Crippen LogP contribution in [0, 0.1) is 0 Å². The van der Waals surface area contributed by atoms with Crippen LogP contribution in [0.1, 0.15) is 20.3 Å². The van der Waals surface area contributed by atoms with Gasteiger partial charge in [-0.25, -0.2) is 0 Å². The molecular formula is C11H18OS4. The molecule has 0 saturated carbocycles. The number of thioether (sulfide) groups is 4. The quantitative estimate of drug-likeness (QED) is 0.540. The molecule has 16 heavy (non-hydrogen) atoms. The van der Waals surface area contributed by atoms with Gasteiger partial charge in [0.1, 0.15) is 0 Å². The summed E-state index contributed by atoms with van der Waals surface area (Å²) in [6.45, 7) is 7.69. The van der Waals surface area contributed by atoms with E-state index in [9.17, 15) is 4.79 Å². The van der Waals surface area contributed by atoms with E-state index in [1.807, 2.05) is 23.5 Å². The van der Waals surface area contributed by atoms with Gasteiger partial charge >= 0.3 is 0 Å². The van der Waals surface area contributed by atoms with E-state index < -0.39 is 0 Å². The largest absolute Gasteiger partial charge is 0.282 e. The Balaban J connectivity index is 1.96. The summed E-state index contributed by atoms with van der Waals surface area (Å²) < 4.78 is 1.53. The molecule has 2 unspecified atom stereocenters. The van der Waals surface area contributed by atoms with E-state index in [0.717, 1.165) is 21.3 Å². The Morgan fingerprint density at radius 3 is 2.81 bits per heavy atom. The van der Waals surface area contributed by atoms with Crippen LogP contribution in [-0.2, 0) is 4.79 Å². The fourth-order valence-corrected chi connectivity index (χ4v) is 6.93. The lowest BCUT2D eigenvalue weighted by Gasteiger charge is -2.07. The Bertz CT molecular complexity index is 254. The van der Waals surface area contributed by atoms with Gasteiger partial charge in [-0.2, -0.15) is 0 Å². The summed E-state index contributed by atoms with van der Waals surface area (Å²) >= 11 is 7.57. The Morgan fingerprint density at radius 1 is 1.50 bits per heavy atom. The molecule has 0 aromatic rings. The molecule has 0 spiro atoms. The summed E-state index contributed by atoms with van der Waals surface area (Å²) in [5.41, 5.74) is 0.661. The second-order valence-electron chi connectivity index (χ2n) is 3.61. The minimum atomic E-state index is 0.143. The maximum Gasteiger partial charge on any atom is 0.214 e. The van der Waals surface area contributed by atoms with Gasteiger partial charge in [-0.3, -0.25) is 4.79 Å². The third kappa shape index (κ3) is 5.94. The van der Waals surface area contributed by atoms with Gasteiger partial charge in [0.05, 0.1) is 4.58 Å². The zero-order valence-electron chi connectivity index (χ0n) is 9.73. The van der Waals surface area contributed by atoms with Crippen LogP contribution in [0.15, 0.2) is 12.2 Å². The van der Waals surface area contributed by atoms with E-state index in [4.69, 9.17) is 0 Å². The van der Waals surface area contributed by atoms with Crippen molar-refractivity contribution >= 4 is 52.2 Å². The first-order valence-corrected chi connectivity index (χ1v) is 9.33. The third-order valence-electron chi connectivity index (χ3n) is 1.98. The molecule has 92 valence electrons. The molecule has 0 aromatic carbocycles. The molecule has 0 aromatic heterocycles. The van der Waals surface area contributed by atoms with Crippen LogP contribution in [-0.4, -0.2) is 31.5 Å². The van der Waals surface area contributed by atoms with Crippen LogP contribution in [0.3, 0.4) is 0 Å². The number of hydrogen-bond acceptors (Lipinski definition) is 5. The summed E-state index contributed by atoms with van der Waals surface area (Å²) in [5, 5.41) is 0.143. The molecule has 5 heteroatoms. The maximum atomic E-state index is 11.3. The average Bonchev–Trinajstić information content (AvgIpc) is 2.63. The molecular weight excluding hydrogens is 276 g/mol. The van der Waals surface area contributed by atoms with Crippen LogP contribution in [0.5, 0.6) is 0 Å². The van der Waals surface area contributed by atoms with Gasteiger partial charge in [0.15, 0.2) is 0 Å². The molecule has 0 N–H and O–H groups in total. The first-order valence-electron chi connectivity index (χ1n) is 5.31. The van der Waals surface area contributed by atoms with Gasteiger partial charge in [-0.1, -0.05) is 18.3 Å². The lowest BCUT2D eigenvalue weighted by Crippen LogP contribution is -1.98. The number of carbonyl (C=O) groups excluding carboxylic acids is 1. The average molecular weight is 295 g/mol. The van der Waals surface area contributed by atoms with Gasteiger partial charge in [0.2, 0.25) is 5.12 Å². The van der Waals surface area contributed by atoms with Crippen molar-refractivity contribution in [2.24, 2.45) is 0 Å². The van der Waals surface area contributed by atoms with E-state index in [-0.39, 0.29) is 5.12 Å². The SMILES string of the molecule is C=C(C)C(=O)SCCCSC1CSC(C)S1. The molecule has 0 aliphatic carbocycles. The molecule has 1 aliphatic heterocycles. The zero-order valence-corrected chi connectivity index (χ0v) is 13.0. The van der Waals surface area contributed by atoms with Gasteiger partial charge < -0.3 is 0 Å². The van der Waals surface area contributed by atoms with Crippen molar-refractivity contribution in [2.75, 3.05) is 17.3 Å². The monoisotopic (exact) mass is 294 g/mol. The number of carbonyl (C=O) groups is 1. The van der Waals surface area contributed by atoms with Crippen molar-refractivity contribution in [1.29, 1.82) is 0 Å². The Hall–Kier alpha value is 0.810. The molecule has 1 nitrogen and oxygen atoms in total. The van der Waals surface area contributed by atoms with Crippen molar-refractivity contribution in [3.8, 4) is 0 Å². The third-order valence-corrected chi connectivity index (χ3v) is 7.90. The van der Waals surface area contributed by atoms with Crippen LogP contribution >= 0.6 is 47.0 Å². The topological polar surface area (TPSA) is 17.1 Å². The van der Waals surface area contributed by atoms with E-state index in [0.29, 0.717) is 5.57 Å². The zero-order chi connectivity index (χ0) is 12.0. The van der Waals surface area contributed by atoms with Crippen molar-refractivity contribution in [2.45, 2.75) is 29.4 Å². The molecule has 0 bridgehead atoms. The second kappa shape index (κ2) is 8.01. The predicted molar refractivity (Wildman–Crippen MR) is 82.7 cm³/mol. The van der Waals surface area contributed by atoms with Crippen LogP contribution in [0.25, 0.3) is 0 Å². The molecule has 0 amide bonds. The molecule has 1 heterocycles. The van der Waals surface area contributed by atoms with Gasteiger partial charge in [0, 0.05) is 16.1 Å². The number of hydrogen-bond donors (Lipinski definition) is 0. The normalized spacial score (nSPS) is 24.6. The lowest BCUT2D eigenvalue weighted by atomic mass is 10.4. The Morgan fingerprint density at radius 2 is 2.25 bits per heavy atom. The first-order chi connectivity index (χ1) is 7.59. The summed E-state index contributed by atoms with van der Waals surface area (Å²) in [5.74, 6) is 3.37. The summed E-state index contributed by atoms with van der Waals surface area (Å²) in [4.78, 5) is 11.3.